The Hall–Kier alpha value is -2.21. The summed E-state index contributed by atoms with van der Waals surface area (Å²) in [5.74, 6) is -4.65. The first-order valence-corrected chi connectivity index (χ1v) is 11.5. The lowest BCUT2D eigenvalue weighted by Crippen LogP contribution is -2.18. The minimum absolute atomic E-state index is 0.0254. The first kappa shape index (κ1) is 26.4. The van der Waals surface area contributed by atoms with Crippen molar-refractivity contribution in [2.45, 2.75) is 16.3 Å². The van der Waals surface area contributed by atoms with Crippen LogP contribution in [0, 0.1) is 11.7 Å². The van der Waals surface area contributed by atoms with E-state index in [1.54, 1.807) is 0 Å². The third kappa shape index (κ3) is 7.14. The highest BCUT2D eigenvalue weighted by atomic mass is 35.5. The van der Waals surface area contributed by atoms with E-state index in [9.17, 15) is 31.9 Å². The molecule has 0 aromatic heterocycles. The van der Waals surface area contributed by atoms with E-state index in [1.165, 1.54) is 24.3 Å². The van der Waals surface area contributed by atoms with E-state index in [4.69, 9.17) is 34.8 Å². The number of thioether (sulfide) groups is 1. The molecule has 14 heteroatoms. The van der Waals surface area contributed by atoms with Crippen LogP contribution in [-0.4, -0.2) is 33.3 Å². The van der Waals surface area contributed by atoms with Crippen LogP contribution in [0.5, 0.6) is 0 Å². The molecule has 1 aliphatic rings. The van der Waals surface area contributed by atoms with Crippen molar-refractivity contribution in [3.05, 3.63) is 52.8 Å². The lowest BCUT2D eigenvalue weighted by atomic mass is 10.1. The molecule has 34 heavy (non-hydrogen) atoms. The molecule has 182 valence electrons. The molecule has 2 aromatic carbocycles. The Balaban J connectivity index is 1.65. The summed E-state index contributed by atoms with van der Waals surface area (Å²) in [6.45, 7) is 0. The van der Waals surface area contributed by atoms with E-state index in [0.29, 0.717) is 6.42 Å². The van der Waals surface area contributed by atoms with E-state index in [-0.39, 0.29) is 27.6 Å². The van der Waals surface area contributed by atoms with Crippen LogP contribution in [0.3, 0.4) is 0 Å². The first-order chi connectivity index (χ1) is 15.7. The summed E-state index contributed by atoms with van der Waals surface area (Å²) >= 11 is 17.3. The van der Waals surface area contributed by atoms with Gasteiger partial charge in [0.05, 0.1) is 27.9 Å². The van der Waals surface area contributed by atoms with Gasteiger partial charge in [0, 0.05) is 11.4 Å². The quantitative estimate of drug-likeness (QED) is 0.285. The van der Waals surface area contributed by atoms with Gasteiger partial charge in [0.1, 0.15) is 10.2 Å². The largest absolute Gasteiger partial charge is 0.442 e. The van der Waals surface area contributed by atoms with Gasteiger partial charge in [-0.25, -0.2) is 4.39 Å². The number of anilines is 3. The summed E-state index contributed by atoms with van der Waals surface area (Å²) in [7, 11) is 0. The minimum Gasteiger partial charge on any atom is -0.326 e. The van der Waals surface area contributed by atoms with E-state index < -0.39 is 56.8 Å². The third-order valence-corrected chi connectivity index (χ3v) is 6.39. The standard InChI is InChI=1S/C20H14Cl3F4N3O3S/c21-13-3-1-9(29-18(33)12-7-19(12,22)23)5-11(13)17(32)30-15-4-2-10(6-14(15)24)28-16(31)8-34-20(25,26)27/h1-6,12H,7-8H2,(H,28,31)(H,29,33)(H,30,32). The summed E-state index contributed by atoms with van der Waals surface area (Å²) in [5, 5.41) is 7.03. The van der Waals surface area contributed by atoms with Crippen molar-refractivity contribution in [3.63, 3.8) is 0 Å². The van der Waals surface area contributed by atoms with Crippen LogP contribution >= 0.6 is 46.6 Å². The molecule has 1 fully saturated rings. The van der Waals surface area contributed by atoms with Gasteiger partial charge in [-0.15, -0.1) is 23.2 Å². The van der Waals surface area contributed by atoms with E-state index in [2.05, 4.69) is 16.0 Å². The molecule has 1 atom stereocenters. The van der Waals surface area contributed by atoms with Gasteiger partial charge in [0.2, 0.25) is 11.8 Å². The fourth-order valence-corrected chi connectivity index (χ4v) is 3.81. The van der Waals surface area contributed by atoms with Gasteiger partial charge in [0.25, 0.3) is 5.91 Å². The van der Waals surface area contributed by atoms with Gasteiger partial charge in [-0.2, -0.15) is 13.2 Å². The monoisotopic (exact) mass is 557 g/mol. The van der Waals surface area contributed by atoms with E-state index in [0.717, 1.165) is 12.1 Å². The van der Waals surface area contributed by atoms with Crippen molar-refractivity contribution in [2.24, 2.45) is 5.92 Å². The van der Waals surface area contributed by atoms with Gasteiger partial charge >= 0.3 is 5.51 Å². The first-order valence-electron chi connectivity index (χ1n) is 9.35. The van der Waals surface area contributed by atoms with E-state index in [1.807, 2.05) is 0 Å². The Kier molecular flexibility index (Phi) is 7.91. The molecule has 2 aromatic rings. The summed E-state index contributed by atoms with van der Waals surface area (Å²) in [6.07, 6.45) is 0.291. The van der Waals surface area contributed by atoms with Crippen LogP contribution in [0.25, 0.3) is 0 Å². The summed E-state index contributed by atoms with van der Waals surface area (Å²) in [4.78, 5) is 36.3. The Morgan fingerprint density at radius 3 is 2.24 bits per heavy atom. The molecule has 1 aliphatic carbocycles. The molecule has 1 unspecified atom stereocenters. The van der Waals surface area contributed by atoms with Crippen LogP contribution in [0.4, 0.5) is 34.6 Å². The minimum atomic E-state index is -4.57. The Bertz CT molecular complexity index is 1150. The second-order valence-corrected chi connectivity index (χ2v) is 10.1. The second-order valence-electron chi connectivity index (χ2n) is 7.13. The molecule has 6 nitrogen and oxygen atoms in total. The number of halogens is 7. The normalized spacial score (nSPS) is 16.5. The topological polar surface area (TPSA) is 87.3 Å². The molecule has 0 saturated heterocycles. The summed E-state index contributed by atoms with van der Waals surface area (Å²) < 4.78 is 49.8. The molecular formula is C20H14Cl3F4N3O3S. The zero-order valence-corrected chi connectivity index (χ0v) is 19.8. The van der Waals surface area contributed by atoms with Gasteiger partial charge in [0.15, 0.2) is 0 Å². The average Bonchev–Trinajstić information content (AvgIpc) is 3.37. The van der Waals surface area contributed by atoms with Gasteiger partial charge < -0.3 is 16.0 Å². The highest BCUT2D eigenvalue weighted by Crippen LogP contribution is 2.53. The van der Waals surface area contributed by atoms with Crippen molar-refractivity contribution >= 4 is 81.3 Å². The van der Waals surface area contributed by atoms with Crippen LogP contribution < -0.4 is 16.0 Å². The SMILES string of the molecule is O=C(CSC(F)(F)F)Nc1ccc(NC(=O)c2cc(NC(=O)C3CC3(Cl)Cl)ccc2Cl)c(F)c1. The van der Waals surface area contributed by atoms with Crippen LogP contribution in [0.2, 0.25) is 5.02 Å². The fraction of sp³-hybridized carbons (Fsp3) is 0.250. The zero-order valence-electron chi connectivity index (χ0n) is 16.7. The molecule has 3 N–H and O–H groups in total. The van der Waals surface area contributed by atoms with E-state index >= 15 is 0 Å². The maximum absolute atomic E-state index is 14.4. The number of amides is 3. The Morgan fingerprint density at radius 2 is 1.65 bits per heavy atom. The lowest BCUT2D eigenvalue weighted by Gasteiger charge is -2.12. The zero-order chi connectivity index (χ0) is 25.3. The number of rotatable bonds is 7. The molecule has 0 spiro atoms. The molecule has 0 heterocycles. The molecular weight excluding hydrogens is 545 g/mol. The van der Waals surface area contributed by atoms with Gasteiger partial charge in [-0.1, -0.05) is 11.6 Å². The average molecular weight is 559 g/mol. The maximum atomic E-state index is 14.4. The summed E-state index contributed by atoms with van der Waals surface area (Å²) in [6, 6.07) is 7.26. The van der Waals surface area contributed by atoms with Crippen molar-refractivity contribution in [1.29, 1.82) is 0 Å². The number of nitrogens with one attached hydrogen (secondary N) is 3. The van der Waals surface area contributed by atoms with Gasteiger partial charge in [-0.05, 0) is 54.6 Å². The fourth-order valence-electron chi connectivity index (χ4n) is 2.73. The van der Waals surface area contributed by atoms with Crippen LogP contribution in [0.1, 0.15) is 16.8 Å². The molecule has 0 bridgehead atoms. The Morgan fingerprint density at radius 1 is 1.03 bits per heavy atom. The number of benzene rings is 2. The number of hydrogen-bond donors (Lipinski definition) is 3. The van der Waals surface area contributed by atoms with Crippen molar-refractivity contribution < 1.29 is 31.9 Å². The number of hydrogen-bond acceptors (Lipinski definition) is 4. The molecule has 3 amide bonds. The highest BCUT2D eigenvalue weighted by molar-refractivity contribution is 8.00. The summed E-state index contributed by atoms with van der Waals surface area (Å²) in [5.41, 5.74) is -4.77. The number of carbonyl (C=O) groups is 3. The van der Waals surface area contributed by atoms with Crippen molar-refractivity contribution in [3.8, 4) is 0 Å². The Labute approximate surface area is 209 Å². The lowest BCUT2D eigenvalue weighted by molar-refractivity contribution is -0.117. The van der Waals surface area contributed by atoms with Crippen LogP contribution in [-0.2, 0) is 9.59 Å². The van der Waals surface area contributed by atoms with Crippen LogP contribution in [0.15, 0.2) is 36.4 Å². The molecule has 0 aliphatic heterocycles. The maximum Gasteiger partial charge on any atom is 0.442 e. The highest BCUT2D eigenvalue weighted by Gasteiger charge is 2.56. The smallest absolute Gasteiger partial charge is 0.326 e. The van der Waals surface area contributed by atoms with Crippen molar-refractivity contribution in [2.75, 3.05) is 21.7 Å². The molecule has 3 rings (SSSR count). The predicted octanol–water partition coefficient (Wildman–Crippen LogP) is 6.06. The predicted molar refractivity (Wildman–Crippen MR) is 124 cm³/mol. The number of carbonyl (C=O) groups excluding carboxylic acids is 3. The third-order valence-electron chi connectivity index (χ3n) is 4.49. The molecule has 0 radical (unpaired) electrons. The second kappa shape index (κ2) is 10.2. The van der Waals surface area contributed by atoms with Crippen molar-refractivity contribution in [1.82, 2.24) is 0 Å². The molecule has 1 saturated carbocycles. The van der Waals surface area contributed by atoms with Gasteiger partial charge in [-0.3, -0.25) is 14.4 Å². The number of alkyl halides is 5.